The SMILES string of the molecule is CC(C)[Si](C#Cc1c(F)ccc2cc(O[Si](C(C)C)(C(C)C)C(C)C)cc(-c3c(C(F)(F)F)cc4c(N5CCCCCN5C(=O)OC(C)(C)C)nc(OC[C@@H]5CCCNC[C@H](F)C5)nc4c3F)c12)(C(C)C)C(C)C. The van der Waals surface area contributed by atoms with Gasteiger partial charge in [-0.15, -0.1) is 5.54 Å². The Bertz CT molecular complexity index is 2650. The van der Waals surface area contributed by atoms with Crippen molar-refractivity contribution >= 4 is 50.0 Å². The number of benzene rings is 3. The van der Waals surface area contributed by atoms with Crippen molar-refractivity contribution in [2.24, 2.45) is 5.92 Å². The van der Waals surface area contributed by atoms with Crippen LogP contribution >= 0.6 is 0 Å². The van der Waals surface area contributed by atoms with E-state index in [9.17, 15) is 4.79 Å². The second-order valence-electron chi connectivity index (χ2n) is 23.5. The summed E-state index contributed by atoms with van der Waals surface area (Å²) in [5.41, 5.74) is 0.0991. The minimum absolute atomic E-state index is 0.00703. The number of carbonyl (C=O) groups excluding carboxylic acids is 1. The van der Waals surface area contributed by atoms with Crippen molar-refractivity contribution in [3.05, 3.63) is 53.1 Å². The Labute approximate surface area is 438 Å². The van der Waals surface area contributed by atoms with E-state index in [0.717, 1.165) is 12.5 Å². The molecule has 17 heteroatoms. The molecule has 0 bridgehead atoms. The molecule has 74 heavy (non-hydrogen) atoms. The molecule has 2 aliphatic heterocycles. The Kier molecular flexibility index (Phi) is 18.5. The summed E-state index contributed by atoms with van der Waals surface area (Å²) in [6.07, 6.45) is -3.86. The van der Waals surface area contributed by atoms with E-state index in [0.29, 0.717) is 37.6 Å². The van der Waals surface area contributed by atoms with Crippen LogP contribution in [0, 0.1) is 29.0 Å². The number of nitrogens with zero attached hydrogens (tertiary/aromatic N) is 4. The molecule has 3 heterocycles. The number of alkyl halides is 4. The fourth-order valence-corrected chi connectivity index (χ4v) is 22.7. The first kappa shape index (κ1) is 58.7. The Morgan fingerprint density at radius 3 is 2.07 bits per heavy atom. The standard InChI is InChI=1S/C57H81F6N5O4Si2/c1-34(2)73(35(3)4,36(5)6)27-23-44-48(59)22-21-41-29-43(72-74(37(7)8,38(9)10)39(11)12)30-45(49(41)44)50-47(57(61,62)63)31-46-52(51(50)60)65-54(70-33-40-20-19-24-64-32-42(58)28-40)66-53(46)67-25-17-16-18-26-68(67)55(69)71-56(13,14)15/h21-22,29-31,34-40,42,64H,16-20,24-26,28,32-33H2,1-15H3/t40-,42-/m1/s1. The van der Waals surface area contributed by atoms with Gasteiger partial charge in [0.25, 0.3) is 8.32 Å². The molecule has 6 rings (SSSR count). The van der Waals surface area contributed by atoms with E-state index >= 15 is 26.3 Å². The third kappa shape index (κ3) is 12.3. The summed E-state index contributed by atoms with van der Waals surface area (Å²) in [5.74, 6) is 0.858. The number of carbonyl (C=O) groups is 1. The molecule has 1 N–H and O–H groups in total. The average Bonchev–Trinajstić information content (AvgIpc) is 3.54. The molecule has 2 atom stereocenters. The highest BCUT2D eigenvalue weighted by molar-refractivity contribution is 6.90. The predicted octanol–water partition coefficient (Wildman–Crippen LogP) is 16.1. The summed E-state index contributed by atoms with van der Waals surface area (Å²) in [6, 6.07) is 6.36. The van der Waals surface area contributed by atoms with Gasteiger partial charge in [0.05, 0.1) is 17.7 Å². The minimum Gasteiger partial charge on any atom is -0.543 e. The van der Waals surface area contributed by atoms with Gasteiger partial charge in [-0.3, -0.25) is 5.01 Å². The maximum absolute atomic E-state index is 18.7. The Balaban J connectivity index is 1.77. The van der Waals surface area contributed by atoms with Gasteiger partial charge in [0.1, 0.15) is 36.9 Å². The van der Waals surface area contributed by atoms with Crippen LogP contribution in [0.3, 0.4) is 0 Å². The molecule has 2 aliphatic rings. The average molecular weight is 1070 g/mol. The van der Waals surface area contributed by atoms with Crippen molar-refractivity contribution in [1.29, 1.82) is 0 Å². The zero-order valence-electron chi connectivity index (χ0n) is 46.5. The molecular weight excluding hydrogens is 989 g/mol. The van der Waals surface area contributed by atoms with Crippen LogP contribution in [0.5, 0.6) is 11.8 Å². The van der Waals surface area contributed by atoms with Gasteiger partial charge in [-0.1, -0.05) is 95.1 Å². The summed E-state index contributed by atoms with van der Waals surface area (Å²) in [6.45, 7) is 31.3. The first-order valence-electron chi connectivity index (χ1n) is 26.9. The second-order valence-corrected chi connectivity index (χ2v) is 34.5. The number of hydrazine groups is 1. The summed E-state index contributed by atoms with van der Waals surface area (Å²) in [7, 11) is -5.39. The van der Waals surface area contributed by atoms with Crippen LogP contribution in [0.2, 0.25) is 33.2 Å². The molecule has 1 amide bonds. The highest BCUT2D eigenvalue weighted by Crippen LogP contribution is 2.50. The van der Waals surface area contributed by atoms with Crippen molar-refractivity contribution < 1.29 is 45.0 Å². The van der Waals surface area contributed by atoms with E-state index in [1.807, 2.05) is 0 Å². The fraction of sp³-hybridized carbons (Fsp3) is 0.632. The molecule has 0 aliphatic carbocycles. The van der Waals surface area contributed by atoms with Crippen molar-refractivity contribution in [2.45, 2.75) is 194 Å². The summed E-state index contributed by atoms with van der Waals surface area (Å²) in [4.78, 5) is 23.3. The number of aromatic nitrogens is 2. The first-order chi connectivity index (χ1) is 34.5. The Morgan fingerprint density at radius 1 is 0.838 bits per heavy atom. The molecule has 4 aromatic rings. The van der Waals surface area contributed by atoms with Crippen LogP contribution in [-0.4, -0.2) is 82.0 Å². The Hall–Kier alpha value is -4.54. The van der Waals surface area contributed by atoms with Crippen LogP contribution < -0.4 is 19.5 Å². The molecule has 0 unspecified atom stereocenters. The lowest BCUT2D eigenvalue weighted by Crippen LogP contribution is -2.50. The van der Waals surface area contributed by atoms with Crippen molar-refractivity contribution in [3.8, 4) is 34.4 Å². The topological polar surface area (TPSA) is 89.1 Å². The lowest BCUT2D eigenvalue weighted by atomic mass is 9.89. The van der Waals surface area contributed by atoms with E-state index in [1.54, 1.807) is 26.8 Å². The maximum Gasteiger partial charge on any atom is 0.429 e. The number of halogens is 6. The lowest BCUT2D eigenvalue weighted by molar-refractivity contribution is -0.137. The van der Waals surface area contributed by atoms with Crippen molar-refractivity contribution in [3.63, 3.8) is 0 Å². The van der Waals surface area contributed by atoms with Gasteiger partial charge >= 0.3 is 18.3 Å². The van der Waals surface area contributed by atoms with Gasteiger partial charge in [-0.2, -0.15) is 23.1 Å². The molecule has 2 fully saturated rings. The molecular formula is C57H81F6N5O4Si2. The number of fused-ring (bicyclic) bond motifs is 2. The molecule has 408 valence electrons. The minimum atomic E-state index is -5.21. The van der Waals surface area contributed by atoms with Crippen molar-refractivity contribution in [2.75, 3.05) is 37.8 Å². The van der Waals surface area contributed by atoms with Crippen LogP contribution in [0.25, 0.3) is 32.8 Å². The van der Waals surface area contributed by atoms with Gasteiger partial charge < -0.3 is 19.2 Å². The summed E-state index contributed by atoms with van der Waals surface area (Å²) < 4.78 is 119. The number of ether oxygens (including phenoxy) is 2. The highest BCUT2D eigenvalue weighted by Gasteiger charge is 2.48. The van der Waals surface area contributed by atoms with E-state index in [1.165, 1.54) is 28.2 Å². The molecule has 0 radical (unpaired) electrons. The third-order valence-electron chi connectivity index (χ3n) is 15.5. The van der Waals surface area contributed by atoms with Crippen LogP contribution in [-0.2, 0) is 10.9 Å². The number of nitrogens with one attached hydrogen (secondary N) is 1. The van der Waals surface area contributed by atoms with Gasteiger partial charge in [-0.25, -0.2) is 23.0 Å². The van der Waals surface area contributed by atoms with E-state index in [-0.39, 0.29) is 111 Å². The summed E-state index contributed by atoms with van der Waals surface area (Å²) in [5, 5.41) is 5.83. The quantitative estimate of drug-likeness (QED) is 0.0805. The smallest absolute Gasteiger partial charge is 0.429 e. The second kappa shape index (κ2) is 23.4. The molecule has 0 spiro atoms. The molecule has 9 nitrogen and oxygen atoms in total. The third-order valence-corrected chi connectivity index (χ3v) is 27.8. The monoisotopic (exact) mass is 1070 g/mol. The number of anilines is 1. The largest absolute Gasteiger partial charge is 0.543 e. The van der Waals surface area contributed by atoms with Gasteiger partial charge in [0, 0.05) is 36.0 Å². The van der Waals surface area contributed by atoms with Crippen LogP contribution in [0.1, 0.15) is 154 Å². The molecule has 3 aromatic carbocycles. The van der Waals surface area contributed by atoms with Gasteiger partial charge in [-0.05, 0) is 140 Å². The number of amides is 1. The predicted molar refractivity (Wildman–Crippen MR) is 292 cm³/mol. The molecule has 0 saturated carbocycles. The highest BCUT2D eigenvalue weighted by atomic mass is 28.4. The van der Waals surface area contributed by atoms with Crippen LogP contribution in [0.15, 0.2) is 30.3 Å². The first-order valence-corrected chi connectivity index (χ1v) is 31.3. The number of hydrogen-bond acceptors (Lipinski definition) is 8. The zero-order chi connectivity index (χ0) is 54.8. The van der Waals surface area contributed by atoms with Gasteiger partial charge in [0.15, 0.2) is 11.6 Å². The van der Waals surface area contributed by atoms with E-state index in [2.05, 4.69) is 105 Å². The normalized spacial score (nSPS) is 17.9. The van der Waals surface area contributed by atoms with E-state index < -0.39 is 68.7 Å². The summed E-state index contributed by atoms with van der Waals surface area (Å²) >= 11 is 0. The lowest BCUT2D eigenvalue weighted by Gasteiger charge is -2.42. The number of hydrogen-bond donors (Lipinski definition) is 1. The molecule has 1 aromatic heterocycles. The fourth-order valence-electron chi connectivity index (χ4n) is 12.2. The zero-order valence-corrected chi connectivity index (χ0v) is 48.5. The van der Waals surface area contributed by atoms with Crippen molar-refractivity contribution in [1.82, 2.24) is 20.3 Å². The number of rotatable bonds is 13. The van der Waals surface area contributed by atoms with Gasteiger partial charge in [0.2, 0.25) is 0 Å². The van der Waals surface area contributed by atoms with E-state index in [4.69, 9.17) is 18.9 Å². The molecule has 2 saturated heterocycles. The Morgan fingerprint density at radius 2 is 1.47 bits per heavy atom. The van der Waals surface area contributed by atoms with Crippen LogP contribution in [0.4, 0.5) is 37.0 Å². The maximum atomic E-state index is 18.7.